The molecule has 0 bridgehead atoms. The lowest BCUT2D eigenvalue weighted by atomic mass is 10.0. The zero-order chi connectivity index (χ0) is 33.7. The Kier molecular flexibility index (Phi) is 9.05. The van der Waals surface area contributed by atoms with E-state index in [0.29, 0.717) is 0 Å². The van der Waals surface area contributed by atoms with E-state index in [9.17, 15) is 0 Å². The van der Waals surface area contributed by atoms with Crippen LogP contribution in [0.5, 0.6) is 0 Å². The molecule has 0 saturated carbocycles. The van der Waals surface area contributed by atoms with Crippen LogP contribution in [0.4, 0.5) is 11.4 Å². The van der Waals surface area contributed by atoms with Gasteiger partial charge in [0.25, 0.3) is 0 Å². The Balaban J connectivity index is 0.873. The topological polar surface area (TPSA) is 53.1 Å². The first-order valence-corrected chi connectivity index (χ1v) is 17.6. The van der Waals surface area contributed by atoms with Crippen molar-refractivity contribution in [1.82, 2.24) is 14.9 Å². The molecule has 0 aliphatic heterocycles. The summed E-state index contributed by atoms with van der Waals surface area (Å²) in [5.74, 6) is 0. The normalized spacial score (nSPS) is 11.6. The van der Waals surface area contributed by atoms with Gasteiger partial charge in [-0.1, -0.05) is 109 Å². The van der Waals surface area contributed by atoms with E-state index in [4.69, 9.17) is 9.97 Å². The average molecular weight is 652 g/mol. The number of hydrogen-bond donors (Lipinski definition) is 2. The minimum Gasteiger partial charge on any atom is -0.384 e. The number of nitrogens with zero attached hydrogens (tertiary/aromatic N) is 3. The van der Waals surface area contributed by atoms with Crippen LogP contribution in [0.1, 0.15) is 12.8 Å². The number of aromatic nitrogens is 2. The van der Waals surface area contributed by atoms with Crippen molar-refractivity contribution in [1.29, 1.82) is 0 Å². The molecule has 0 aliphatic carbocycles. The highest BCUT2D eigenvalue weighted by atomic mass is 15.1. The summed E-state index contributed by atoms with van der Waals surface area (Å²) >= 11 is 0. The lowest BCUT2D eigenvalue weighted by Crippen LogP contribution is -2.24. The van der Waals surface area contributed by atoms with Crippen LogP contribution in [-0.2, 0) is 0 Å². The Bertz CT molecular complexity index is 2260. The molecule has 0 amide bonds. The molecule has 50 heavy (non-hydrogen) atoms. The van der Waals surface area contributed by atoms with Crippen molar-refractivity contribution in [3.63, 3.8) is 0 Å². The maximum Gasteiger partial charge on any atom is 0.0730 e. The molecule has 0 radical (unpaired) electrons. The minimum atomic E-state index is 0.897. The molecule has 0 fully saturated rings. The lowest BCUT2D eigenvalue weighted by Gasteiger charge is -2.18. The number of nitrogens with one attached hydrogen (secondary N) is 2. The van der Waals surface area contributed by atoms with Gasteiger partial charge in [0, 0.05) is 46.4 Å². The van der Waals surface area contributed by atoms with Gasteiger partial charge in [0.1, 0.15) is 0 Å². The van der Waals surface area contributed by atoms with Crippen LogP contribution in [0.15, 0.2) is 146 Å². The summed E-state index contributed by atoms with van der Waals surface area (Å²) in [6, 6.07) is 51.4. The van der Waals surface area contributed by atoms with Crippen molar-refractivity contribution in [3.8, 4) is 22.5 Å². The standard InChI is InChI=1S/C45H41N5/c1-50(26-10-24-46-44-30-42(48-40-18-8-6-16-38(40)44)36-22-20-32-12-2-4-14-34(32)28-36)27-11-25-47-45-31-43(49-41-19-9-7-17-39(41)45)37-23-21-33-13-3-5-15-35(33)29-37/h2-9,12-23,28-31H,10-11,24-27H2,1H3,(H,46,48)(H,47,49). The molecule has 8 rings (SSSR count). The Morgan fingerprint density at radius 2 is 0.880 bits per heavy atom. The molecule has 0 spiro atoms. The first kappa shape index (κ1) is 31.5. The molecule has 8 aromatic rings. The van der Waals surface area contributed by atoms with E-state index in [0.717, 1.165) is 94.7 Å². The van der Waals surface area contributed by atoms with Crippen molar-refractivity contribution in [2.45, 2.75) is 12.8 Å². The largest absolute Gasteiger partial charge is 0.384 e. The number of para-hydroxylation sites is 2. The molecule has 0 saturated heterocycles. The van der Waals surface area contributed by atoms with E-state index in [2.05, 4.69) is 168 Å². The second kappa shape index (κ2) is 14.4. The summed E-state index contributed by atoms with van der Waals surface area (Å²) in [6.07, 6.45) is 2.10. The summed E-state index contributed by atoms with van der Waals surface area (Å²) < 4.78 is 0. The molecule has 0 atom stereocenters. The van der Waals surface area contributed by atoms with Crippen LogP contribution < -0.4 is 10.6 Å². The van der Waals surface area contributed by atoms with Crippen molar-refractivity contribution in [3.05, 3.63) is 146 Å². The molecule has 0 aliphatic rings. The maximum absolute atomic E-state index is 5.02. The zero-order valence-electron chi connectivity index (χ0n) is 28.4. The quantitative estimate of drug-likeness (QED) is 0.129. The van der Waals surface area contributed by atoms with Crippen molar-refractivity contribution >= 4 is 54.7 Å². The second-order valence-corrected chi connectivity index (χ2v) is 13.1. The van der Waals surface area contributed by atoms with E-state index >= 15 is 0 Å². The SMILES string of the molecule is CN(CCCNc1cc(-c2ccc3ccccc3c2)nc2ccccc12)CCCNc1cc(-c2ccc3ccccc3c2)nc2ccccc12. The van der Waals surface area contributed by atoms with E-state index in [1.165, 1.54) is 21.5 Å². The van der Waals surface area contributed by atoms with E-state index in [1.807, 2.05) is 0 Å². The first-order valence-electron chi connectivity index (χ1n) is 17.6. The average Bonchev–Trinajstić information content (AvgIpc) is 3.17. The number of anilines is 2. The Hall–Kier alpha value is -5.78. The van der Waals surface area contributed by atoms with Gasteiger partial charge in [0.05, 0.1) is 22.4 Å². The van der Waals surface area contributed by atoms with E-state index in [-0.39, 0.29) is 0 Å². The van der Waals surface area contributed by atoms with Gasteiger partial charge in [-0.25, -0.2) is 9.97 Å². The third-order valence-corrected chi connectivity index (χ3v) is 9.59. The minimum absolute atomic E-state index is 0.897. The molecule has 2 N–H and O–H groups in total. The summed E-state index contributed by atoms with van der Waals surface area (Å²) in [4.78, 5) is 12.5. The molecule has 2 aromatic heterocycles. The Morgan fingerprint density at radius 1 is 0.460 bits per heavy atom. The lowest BCUT2D eigenvalue weighted by molar-refractivity contribution is 0.331. The fraction of sp³-hybridized carbons (Fsp3) is 0.156. The molecule has 0 unspecified atom stereocenters. The highest BCUT2D eigenvalue weighted by Gasteiger charge is 2.10. The zero-order valence-corrected chi connectivity index (χ0v) is 28.4. The van der Waals surface area contributed by atoms with Crippen molar-refractivity contribution < 1.29 is 0 Å². The highest BCUT2D eigenvalue weighted by Crippen LogP contribution is 2.32. The van der Waals surface area contributed by atoms with Crippen LogP contribution in [-0.4, -0.2) is 48.1 Å². The molecule has 5 nitrogen and oxygen atoms in total. The maximum atomic E-state index is 5.02. The smallest absolute Gasteiger partial charge is 0.0730 e. The van der Waals surface area contributed by atoms with Gasteiger partial charge in [0.2, 0.25) is 0 Å². The third-order valence-electron chi connectivity index (χ3n) is 9.59. The van der Waals surface area contributed by atoms with Crippen molar-refractivity contribution in [2.75, 3.05) is 43.9 Å². The van der Waals surface area contributed by atoms with Gasteiger partial charge in [-0.05, 0) is 90.9 Å². The van der Waals surface area contributed by atoms with Gasteiger partial charge in [-0.15, -0.1) is 0 Å². The van der Waals surface area contributed by atoms with Crippen LogP contribution in [0.25, 0.3) is 65.9 Å². The fourth-order valence-corrected chi connectivity index (χ4v) is 6.89. The third kappa shape index (κ3) is 6.87. The monoisotopic (exact) mass is 651 g/mol. The first-order chi connectivity index (χ1) is 24.7. The summed E-state index contributed by atoms with van der Waals surface area (Å²) in [5, 5.41) is 14.7. The van der Waals surface area contributed by atoms with Crippen molar-refractivity contribution in [2.24, 2.45) is 0 Å². The number of hydrogen-bond acceptors (Lipinski definition) is 5. The van der Waals surface area contributed by atoms with Gasteiger partial charge < -0.3 is 15.5 Å². The number of fused-ring (bicyclic) bond motifs is 4. The number of pyridine rings is 2. The van der Waals surface area contributed by atoms with Crippen LogP contribution in [0.2, 0.25) is 0 Å². The van der Waals surface area contributed by atoms with Gasteiger partial charge in [-0.3, -0.25) is 0 Å². The Morgan fingerprint density at radius 3 is 1.36 bits per heavy atom. The highest BCUT2D eigenvalue weighted by molar-refractivity contribution is 5.96. The summed E-state index contributed by atoms with van der Waals surface area (Å²) in [7, 11) is 2.22. The second-order valence-electron chi connectivity index (χ2n) is 13.1. The predicted octanol–water partition coefficient (Wildman–Crippen LogP) is 10.7. The number of benzene rings is 6. The molecule has 5 heteroatoms. The molecular formula is C45H41N5. The van der Waals surface area contributed by atoms with Crippen LogP contribution in [0, 0.1) is 0 Å². The summed E-state index contributed by atoms with van der Waals surface area (Å²) in [6.45, 7) is 3.85. The molecule has 6 aromatic carbocycles. The number of rotatable bonds is 12. The predicted molar refractivity (Wildman–Crippen MR) is 213 cm³/mol. The summed E-state index contributed by atoms with van der Waals surface area (Å²) in [5.41, 5.74) is 8.55. The fourth-order valence-electron chi connectivity index (χ4n) is 6.89. The molecule has 2 heterocycles. The van der Waals surface area contributed by atoms with Crippen LogP contribution in [0.3, 0.4) is 0 Å². The van der Waals surface area contributed by atoms with Gasteiger partial charge in [0.15, 0.2) is 0 Å². The molecular weight excluding hydrogens is 611 g/mol. The van der Waals surface area contributed by atoms with Gasteiger partial charge in [-0.2, -0.15) is 0 Å². The van der Waals surface area contributed by atoms with E-state index < -0.39 is 0 Å². The van der Waals surface area contributed by atoms with Gasteiger partial charge >= 0.3 is 0 Å². The van der Waals surface area contributed by atoms with Crippen LogP contribution >= 0.6 is 0 Å². The Labute approximate surface area is 293 Å². The van der Waals surface area contributed by atoms with E-state index in [1.54, 1.807) is 0 Å². The molecule has 246 valence electrons.